The van der Waals surface area contributed by atoms with Crippen LogP contribution in [0.1, 0.15) is 0 Å². The third-order valence-electron chi connectivity index (χ3n) is 3.09. The Balaban J connectivity index is 2.72. The van der Waals surface area contributed by atoms with Gasteiger partial charge < -0.3 is 0 Å². The molecule has 0 saturated heterocycles. The van der Waals surface area contributed by atoms with Crippen molar-refractivity contribution in [3.8, 4) is 0 Å². The summed E-state index contributed by atoms with van der Waals surface area (Å²) < 4.78 is 55.9. The van der Waals surface area contributed by atoms with Crippen molar-refractivity contribution < 1.29 is 17.6 Å². The number of fused-ring (bicyclic) bond motifs is 3. The minimum absolute atomic E-state index is 0.102. The Hall–Kier alpha value is -1.14. The van der Waals surface area contributed by atoms with Crippen LogP contribution in [0, 0.1) is 23.3 Å². The van der Waals surface area contributed by atoms with Gasteiger partial charge in [0.1, 0.15) is 23.3 Å². The van der Waals surface area contributed by atoms with E-state index in [1.807, 2.05) is 0 Å². The van der Waals surface area contributed by atoms with Gasteiger partial charge in [-0.1, -0.05) is 12.1 Å². The highest BCUT2D eigenvalue weighted by atomic mass is 79.9. The van der Waals surface area contributed by atoms with Crippen LogP contribution in [0.4, 0.5) is 17.6 Å². The van der Waals surface area contributed by atoms with Crippen LogP contribution in [-0.2, 0) is 0 Å². The molecule has 0 aliphatic rings. The van der Waals surface area contributed by atoms with Crippen LogP contribution in [0.2, 0.25) is 0 Å². The standard InChI is InChI=1S/C14H4Br2F4/c15-7-3-9(17)5-1-2-6-10(18)4-8(16)14(20)12(6)11(5)13(7)19/h1-4H. The number of hydrogen-bond donors (Lipinski definition) is 0. The molecule has 0 N–H and O–H groups in total. The summed E-state index contributed by atoms with van der Waals surface area (Å²) in [7, 11) is 0. The highest BCUT2D eigenvalue weighted by molar-refractivity contribution is 9.10. The first-order valence-electron chi connectivity index (χ1n) is 5.45. The van der Waals surface area contributed by atoms with Crippen LogP contribution in [0.25, 0.3) is 21.5 Å². The van der Waals surface area contributed by atoms with Crippen LogP contribution in [-0.4, -0.2) is 0 Å². The van der Waals surface area contributed by atoms with E-state index in [-0.39, 0.29) is 30.5 Å². The van der Waals surface area contributed by atoms with E-state index in [0.29, 0.717) is 0 Å². The predicted molar refractivity (Wildman–Crippen MR) is 76.7 cm³/mol. The summed E-state index contributed by atoms with van der Waals surface area (Å²) >= 11 is 5.74. The van der Waals surface area contributed by atoms with Gasteiger partial charge in [-0.15, -0.1) is 0 Å². The molecule has 0 bridgehead atoms. The lowest BCUT2D eigenvalue weighted by Gasteiger charge is -2.10. The molecule has 102 valence electrons. The highest BCUT2D eigenvalue weighted by Crippen LogP contribution is 2.37. The fourth-order valence-corrected chi connectivity index (χ4v) is 3.00. The summed E-state index contributed by atoms with van der Waals surface area (Å²) in [5.41, 5.74) is 0. The largest absolute Gasteiger partial charge is 0.206 e. The molecular weight excluding hydrogens is 404 g/mol. The second-order valence-electron chi connectivity index (χ2n) is 4.22. The molecule has 0 heterocycles. The van der Waals surface area contributed by atoms with Crippen molar-refractivity contribution >= 4 is 53.4 Å². The summed E-state index contributed by atoms with van der Waals surface area (Å²) in [6, 6.07) is 4.38. The molecule has 6 heteroatoms. The Kier molecular flexibility index (Phi) is 3.25. The second-order valence-corrected chi connectivity index (χ2v) is 5.93. The zero-order valence-corrected chi connectivity index (χ0v) is 12.7. The van der Waals surface area contributed by atoms with Gasteiger partial charge in [0.15, 0.2) is 0 Å². The first-order valence-corrected chi connectivity index (χ1v) is 7.04. The minimum atomic E-state index is -0.830. The van der Waals surface area contributed by atoms with E-state index in [1.165, 1.54) is 12.1 Å². The molecule has 0 unspecified atom stereocenters. The molecule has 0 radical (unpaired) electrons. The summed E-state index contributed by atoms with van der Waals surface area (Å²) in [5.74, 6) is -3.09. The van der Waals surface area contributed by atoms with Crippen molar-refractivity contribution in [2.24, 2.45) is 0 Å². The van der Waals surface area contributed by atoms with Crippen molar-refractivity contribution in [2.75, 3.05) is 0 Å². The van der Waals surface area contributed by atoms with Gasteiger partial charge in [-0.2, -0.15) is 0 Å². The zero-order chi connectivity index (χ0) is 14.6. The van der Waals surface area contributed by atoms with E-state index in [0.717, 1.165) is 12.1 Å². The molecule has 3 aromatic rings. The normalized spacial score (nSPS) is 11.5. The van der Waals surface area contributed by atoms with Crippen molar-refractivity contribution in [2.45, 2.75) is 0 Å². The molecule has 0 aliphatic carbocycles. The topological polar surface area (TPSA) is 0 Å². The Bertz CT molecular complexity index is 802. The number of benzene rings is 3. The summed E-state index contributed by atoms with van der Waals surface area (Å²) in [6.45, 7) is 0. The van der Waals surface area contributed by atoms with Crippen molar-refractivity contribution in [1.29, 1.82) is 0 Å². The fourth-order valence-electron chi connectivity index (χ4n) is 2.20. The maximum atomic E-state index is 14.2. The van der Waals surface area contributed by atoms with Crippen LogP contribution >= 0.6 is 31.9 Å². The Morgan fingerprint density at radius 3 is 1.35 bits per heavy atom. The molecule has 3 aromatic carbocycles. The average Bonchev–Trinajstić information content (AvgIpc) is 2.41. The molecule has 0 amide bonds. The van der Waals surface area contributed by atoms with E-state index >= 15 is 0 Å². The molecule has 0 atom stereocenters. The average molecular weight is 408 g/mol. The van der Waals surface area contributed by atoms with Gasteiger partial charge in [0.05, 0.1) is 8.95 Å². The first kappa shape index (κ1) is 13.8. The van der Waals surface area contributed by atoms with Gasteiger partial charge >= 0.3 is 0 Å². The lowest BCUT2D eigenvalue weighted by atomic mass is 10.0. The van der Waals surface area contributed by atoms with E-state index in [1.54, 1.807) is 0 Å². The second kappa shape index (κ2) is 4.70. The molecular formula is C14H4Br2F4. The SMILES string of the molecule is Fc1cc(Br)c(F)c2c1ccc1c(F)cc(Br)c(F)c12. The lowest BCUT2D eigenvalue weighted by molar-refractivity contribution is 0.605. The smallest absolute Gasteiger partial charge is 0.146 e. The Morgan fingerprint density at radius 1 is 0.650 bits per heavy atom. The van der Waals surface area contributed by atoms with Gasteiger partial charge in [0.2, 0.25) is 0 Å². The van der Waals surface area contributed by atoms with E-state index < -0.39 is 23.3 Å². The van der Waals surface area contributed by atoms with Crippen LogP contribution in [0.5, 0.6) is 0 Å². The molecule has 3 rings (SSSR count). The summed E-state index contributed by atoms with van der Waals surface area (Å²) in [6.07, 6.45) is 0. The van der Waals surface area contributed by atoms with Gasteiger partial charge in [0, 0.05) is 21.5 Å². The van der Waals surface area contributed by atoms with Gasteiger partial charge in [0.25, 0.3) is 0 Å². The van der Waals surface area contributed by atoms with Crippen LogP contribution in [0.15, 0.2) is 33.2 Å². The fraction of sp³-hybridized carbons (Fsp3) is 0. The van der Waals surface area contributed by atoms with Crippen molar-refractivity contribution in [1.82, 2.24) is 0 Å². The number of hydrogen-bond acceptors (Lipinski definition) is 0. The zero-order valence-electron chi connectivity index (χ0n) is 9.58. The van der Waals surface area contributed by atoms with Gasteiger partial charge in [-0.25, -0.2) is 17.6 Å². The first-order chi connectivity index (χ1) is 9.41. The van der Waals surface area contributed by atoms with Crippen LogP contribution < -0.4 is 0 Å². The van der Waals surface area contributed by atoms with Gasteiger partial charge in [-0.3, -0.25) is 0 Å². The lowest BCUT2D eigenvalue weighted by Crippen LogP contribution is -1.94. The molecule has 0 nitrogen and oxygen atoms in total. The number of halogens is 6. The molecule has 0 aromatic heterocycles. The highest BCUT2D eigenvalue weighted by Gasteiger charge is 2.19. The molecule has 0 spiro atoms. The Labute approximate surface area is 127 Å². The summed E-state index contributed by atoms with van der Waals surface area (Å²) in [5, 5.41) is -0.775. The molecule has 0 fully saturated rings. The summed E-state index contributed by atoms with van der Waals surface area (Å²) in [4.78, 5) is 0. The van der Waals surface area contributed by atoms with E-state index in [9.17, 15) is 17.6 Å². The monoisotopic (exact) mass is 406 g/mol. The maximum absolute atomic E-state index is 14.2. The predicted octanol–water partition coefficient (Wildman–Crippen LogP) is 6.07. The number of rotatable bonds is 0. The molecule has 0 saturated carbocycles. The van der Waals surface area contributed by atoms with Gasteiger partial charge in [-0.05, 0) is 44.0 Å². The third kappa shape index (κ3) is 1.85. The van der Waals surface area contributed by atoms with E-state index in [2.05, 4.69) is 31.9 Å². The quantitative estimate of drug-likeness (QED) is 0.241. The van der Waals surface area contributed by atoms with Crippen molar-refractivity contribution in [3.05, 3.63) is 56.5 Å². The maximum Gasteiger partial charge on any atom is 0.146 e. The van der Waals surface area contributed by atoms with E-state index in [4.69, 9.17) is 0 Å². The third-order valence-corrected chi connectivity index (χ3v) is 4.24. The minimum Gasteiger partial charge on any atom is -0.206 e. The molecule has 0 aliphatic heterocycles. The Morgan fingerprint density at radius 2 is 1.00 bits per heavy atom. The van der Waals surface area contributed by atoms with Crippen molar-refractivity contribution in [3.63, 3.8) is 0 Å². The molecule has 20 heavy (non-hydrogen) atoms. The van der Waals surface area contributed by atoms with Crippen LogP contribution in [0.3, 0.4) is 0 Å².